The highest BCUT2D eigenvalue weighted by molar-refractivity contribution is 8.13. The molecule has 2 aromatic heterocycles. The molecule has 1 fully saturated rings. The highest BCUT2D eigenvalue weighted by Gasteiger charge is 2.57. The first kappa shape index (κ1) is 50.6. The molecule has 2 aromatic rings. The molecule has 3 rings (SSSR count). The average Bonchev–Trinajstić information content (AvgIpc) is 3.67. The second-order valence-corrected chi connectivity index (χ2v) is 19.2. The first-order chi connectivity index (χ1) is 27.3. The molecule has 0 aliphatic carbocycles. The van der Waals surface area contributed by atoms with Crippen LogP contribution < -0.4 is 16.4 Å². The normalized spacial score (nSPS) is 23.1. The molecule has 25 nitrogen and oxygen atoms in total. The average molecular weight is 922 g/mol. The summed E-state index contributed by atoms with van der Waals surface area (Å²) in [5.74, 6) is -1.27. The number of imidazole rings is 1. The standard InChI is InChI=1S/C30H50N7O18P3S/c1-5-6-7-8-18(38)13-21(40)59-12-11-32-20(39)9-10-33-28(43)25(42)29(2,3)15-52-58(49,50)55-57(47,48)51-14-19-23(54-56(44,45)46)24(41)30(4,53-19)37-17-36-22-26(31)34-16-35-27(22)37/h6-7,16-19,23-25,38,41-42H,5,8-15H2,1-4H3,(H,32,39)(H,33,43)(H,47,48)(H,49,50)(H2,31,34,35)(H2,44,45,46). The summed E-state index contributed by atoms with van der Waals surface area (Å²) in [5.41, 5.74) is 2.27. The maximum atomic E-state index is 12.8. The zero-order valence-corrected chi connectivity index (χ0v) is 35.8. The van der Waals surface area contributed by atoms with Crippen LogP contribution >= 0.6 is 35.2 Å². The number of amides is 2. The molecular weight excluding hydrogens is 871 g/mol. The van der Waals surface area contributed by atoms with E-state index in [2.05, 4.69) is 29.9 Å². The number of nitrogen functional groups attached to an aromatic ring is 1. The first-order valence-electron chi connectivity index (χ1n) is 17.7. The maximum absolute atomic E-state index is 12.8. The summed E-state index contributed by atoms with van der Waals surface area (Å²) in [6.45, 7) is 3.52. The van der Waals surface area contributed by atoms with Gasteiger partial charge >= 0.3 is 23.5 Å². The third-order valence-electron chi connectivity index (χ3n) is 8.46. The number of fused-ring (bicyclic) bond motifs is 1. The van der Waals surface area contributed by atoms with Crippen LogP contribution in [0.5, 0.6) is 0 Å². The van der Waals surface area contributed by atoms with Gasteiger partial charge in [0, 0.05) is 37.1 Å². The summed E-state index contributed by atoms with van der Waals surface area (Å²) < 4.78 is 62.7. The minimum atomic E-state index is -5.60. The summed E-state index contributed by atoms with van der Waals surface area (Å²) in [6.07, 6.45) is -1.55. The Morgan fingerprint density at radius 3 is 2.41 bits per heavy atom. The Kier molecular flexibility index (Phi) is 18.3. The fourth-order valence-electron chi connectivity index (χ4n) is 5.36. The molecule has 1 aliphatic rings. The van der Waals surface area contributed by atoms with Crippen molar-refractivity contribution in [3.63, 3.8) is 0 Å². The molecular formula is C30H50N7O18P3S. The van der Waals surface area contributed by atoms with Gasteiger partial charge in [-0.05, 0) is 19.8 Å². The first-order valence-corrected chi connectivity index (χ1v) is 23.2. The lowest BCUT2D eigenvalue weighted by Gasteiger charge is -2.30. The van der Waals surface area contributed by atoms with Crippen LogP contribution in [0.25, 0.3) is 11.2 Å². The fourth-order valence-corrected chi connectivity index (χ4v) is 8.92. The van der Waals surface area contributed by atoms with E-state index in [1.807, 2.05) is 13.0 Å². The largest absolute Gasteiger partial charge is 0.481 e. The quantitative estimate of drug-likeness (QED) is 0.0375. The number of nitrogens with two attached hydrogens (primary N) is 1. The summed E-state index contributed by atoms with van der Waals surface area (Å²) >= 11 is 0.954. The van der Waals surface area contributed by atoms with Gasteiger partial charge in [-0.1, -0.05) is 44.7 Å². The fraction of sp³-hybridized carbons (Fsp3) is 0.667. The van der Waals surface area contributed by atoms with Crippen LogP contribution in [0, 0.1) is 5.41 Å². The molecule has 29 heteroatoms. The third-order valence-corrected chi connectivity index (χ3v) is 12.5. The van der Waals surface area contributed by atoms with Crippen molar-refractivity contribution in [2.75, 3.05) is 37.8 Å². The molecule has 8 unspecified atom stereocenters. The predicted molar refractivity (Wildman–Crippen MR) is 206 cm³/mol. The molecule has 0 saturated carbocycles. The van der Waals surface area contributed by atoms with E-state index in [0.29, 0.717) is 6.42 Å². The van der Waals surface area contributed by atoms with Crippen molar-refractivity contribution in [1.82, 2.24) is 30.2 Å². The topological polar surface area (TPSA) is 384 Å². The lowest BCUT2D eigenvalue weighted by Crippen LogP contribution is -2.46. The molecule has 3 heterocycles. The van der Waals surface area contributed by atoms with E-state index in [0.717, 1.165) is 35.4 Å². The maximum Gasteiger partial charge on any atom is 0.481 e. The number of thioether (sulfide) groups is 1. The number of hydrogen-bond acceptors (Lipinski definition) is 19. The number of ether oxygens (including phenoxy) is 1. The van der Waals surface area contributed by atoms with Crippen LogP contribution in [0.3, 0.4) is 0 Å². The smallest absolute Gasteiger partial charge is 0.392 e. The number of phosphoric acid groups is 3. The van der Waals surface area contributed by atoms with E-state index < -0.39 is 90.2 Å². The third kappa shape index (κ3) is 15.3. The number of hydrogen-bond donors (Lipinski definition) is 10. The predicted octanol–water partition coefficient (Wildman–Crippen LogP) is -0.0539. The number of carbonyl (C=O) groups excluding carboxylic acids is 3. The second-order valence-electron chi connectivity index (χ2n) is 13.8. The molecule has 1 aliphatic heterocycles. The van der Waals surface area contributed by atoms with Crippen LogP contribution in [0.4, 0.5) is 5.82 Å². The Hall–Kier alpha value is -2.74. The van der Waals surface area contributed by atoms with Gasteiger partial charge in [-0.15, -0.1) is 0 Å². The summed E-state index contributed by atoms with van der Waals surface area (Å²) in [7, 11) is -16.5. The number of anilines is 1. The van der Waals surface area contributed by atoms with Gasteiger partial charge in [0.2, 0.25) is 11.8 Å². The Morgan fingerprint density at radius 1 is 1.07 bits per heavy atom. The summed E-state index contributed by atoms with van der Waals surface area (Å²) in [5, 5.41) is 36.3. The molecule has 2 amide bonds. The zero-order valence-electron chi connectivity index (χ0n) is 32.3. The van der Waals surface area contributed by atoms with Gasteiger partial charge in [-0.3, -0.25) is 32.5 Å². The molecule has 8 atom stereocenters. The van der Waals surface area contributed by atoms with Crippen LogP contribution in [0.1, 0.15) is 53.4 Å². The minimum absolute atomic E-state index is 0.0140. The van der Waals surface area contributed by atoms with Crippen molar-refractivity contribution in [2.45, 2.75) is 89.6 Å². The number of nitrogens with zero attached hydrogens (tertiary/aromatic N) is 4. The van der Waals surface area contributed by atoms with Crippen molar-refractivity contribution in [3.8, 4) is 0 Å². The van der Waals surface area contributed by atoms with Gasteiger partial charge in [0.25, 0.3) is 0 Å². The molecule has 59 heavy (non-hydrogen) atoms. The number of phosphoric ester groups is 3. The van der Waals surface area contributed by atoms with E-state index >= 15 is 0 Å². The van der Waals surface area contributed by atoms with Gasteiger partial charge < -0.3 is 56.0 Å². The molecule has 0 spiro atoms. The van der Waals surface area contributed by atoms with E-state index in [4.69, 9.17) is 24.0 Å². The van der Waals surface area contributed by atoms with E-state index in [1.165, 1.54) is 20.8 Å². The highest BCUT2D eigenvalue weighted by atomic mass is 32.2. The monoisotopic (exact) mass is 921 g/mol. The number of nitrogens with one attached hydrogen (secondary N) is 2. The van der Waals surface area contributed by atoms with Crippen molar-refractivity contribution in [1.29, 1.82) is 0 Å². The molecule has 0 radical (unpaired) electrons. The Bertz CT molecular complexity index is 1950. The summed E-state index contributed by atoms with van der Waals surface area (Å²) in [4.78, 5) is 88.0. The van der Waals surface area contributed by atoms with Crippen molar-refractivity contribution >= 4 is 69.1 Å². The Balaban J connectivity index is 1.48. The van der Waals surface area contributed by atoms with Gasteiger partial charge in [-0.25, -0.2) is 28.6 Å². The van der Waals surface area contributed by atoms with Gasteiger partial charge in [0.05, 0.1) is 25.6 Å². The lowest BCUT2D eigenvalue weighted by atomic mass is 9.87. The van der Waals surface area contributed by atoms with Crippen LogP contribution in [0.2, 0.25) is 0 Å². The lowest BCUT2D eigenvalue weighted by molar-refractivity contribution is -0.137. The highest BCUT2D eigenvalue weighted by Crippen LogP contribution is 2.61. The molecule has 11 N–H and O–H groups in total. The van der Waals surface area contributed by atoms with E-state index in [-0.39, 0.29) is 53.8 Å². The minimum Gasteiger partial charge on any atom is -0.392 e. The van der Waals surface area contributed by atoms with Crippen LogP contribution in [-0.4, -0.2) is 134 Å². The van der Waals surface area contributed by atoms with Crippen molar-refractivity contribution < 1.29 is 85.6 Å². The van der Waals surface area contributed by atoms with E-state index in [9.17, 15) is 63.0 Å². The van der Waals surface area contributed by atoms with Gasteiger partial charge in [0.1, 0.15) is 36.3 Å². The van der Waals surface area contributed by atoms with Crippen LogP contribution in [0.15, 0.2) is 24.8 Å². The number of allylic oxidation sites excluding steroid dienone is 1. The number of rotatable bonds is 24. The SMILES string of the molecule is CCC=CCC(O)CC(=O)SCCNC(=O)CCNC(=O)C(O)C(C)(C)COP(=O)(O)OP(=O)(O)OCC1OC(C)(n2cnc3c(N)ncnc32)C(O)C1OP(=O)(O)O. The number of aliphatic hydroxyl groups is 3. The van der Waals surface area contributed by atoms with Gasteiger partial charge in [0.15, 0.2) is 22.3 Å². The molecule has 0 aromatic carbocycles. The number of aromatic nitrogens is 4. The second kappa shape index (κ2) is 21.4. The zero-order chi connectivity index (χ0) is 44.4. The Labute approximate surface area is 341 Å². The molecule has 334 valence electrons. The van der Waals surface area contributed by atoms with Gasteiger partial charge in [-0.2, -0.15) is 4.31 Å². The Morgan fingerprint density at radius 2 is 1.75 bits per heavy atom. The van der Waals surface area contributed by atoms with Crippen molar-refractivity contribution in [3.05, 3.63) is 24.8 Å². The molecule has 1 saturated heterocycles. The number of aliphatic hydroxyl groups excluding tert-OH is 3. The van der Waals surface area contributed by atoms with Crippen LogP contribution in [-0.2, 0) is 56.4 Å². The number of carbonyl (C=O) groups is 3. The van der Waals surface area contributed by atoms with Crippen molar-refractivity contribution in [2.24, 2.45) is 5.41 Å². The summed E-state index contributed by atoms with van der Waals surface area (Å²) in [6, 6.07) is 0. The molecule has 0 bridgehead atoms. The van der Waals surface area contributed by atoms with E-state index in [1.54, 1.807) is 6.08 Å².